The van der Waals surface area contributed by atoms with Crippen LogP contribution in [0.2, 0.25) is 0 Å². The Morgan fingerprint density at radius 3 is 2.47 bits per heavy atom. The van der Waals surface area contributed by atoms with Gasteiger partial charge in [0.15, 0.2) is 0 Å². The van der Waals surface area contributed by atoms with Gasteiger partial charge in [-0.15, -0.1) is 0 Å². The fourth-order valence-corrected chi connectivity index (χ4v) is 2.97. The molecule has 0 heterocycles. The van der Waals surface area contributed by atoms with Gasteiger partial charge in [0.25, 0.3) is 0 Å². The molecule has 0 spiro atoms. The minimum absolute atomic E-state index is 0.526. The summed E-state index contributed by atoms with van der Waals surface area (Å²) in [4.78, 5) is 0. The first-order valence-electron chi connectivity index (χ1n) is 6.05. The van der Waals surface area contributed by atoms with E-state index in [4.69, 9.17) is 4.74 Å². The molecule has 1 aromatic carbocycles. The summed E-state index contributed by atoms with van der Waals surface area (Å²) < 4.78 is 30.3. The molecular weight excluding hydrogens is 264 g/mol. The van der Waals surface area contributed by atoms with Gasteiger partial charge in [-0.05, 0) is 19.9 Å². The second-order valence-corrected chi connectivity index (χ2v) is 6.92. The van der Waals surface area contributed by atoms with E-state index in [1.165, 1.54) is 0 Å². The predicted octanol–water partition coefficient (Wildman–Crippen LogP) is 1.11. The van der Waals surface area contributed by atoms with Gasteiger partial charge in [-0.25, -0.2) is 13.1 Å². The molecule has 0 amide bonds. The molecule has 0 aliphatic heterocycles. The SMILES string of the molecule is COc1ccccc1CNCC(C)(C)NS(C)(=O)=O. The molecule has 1 aromatic rings. The van der Waals surface area contributed by atoms with Crippen LogP contribution < -0.4 is 14.8 Å². The van der Waals surface area contributed by atoms with Crippen molar-refractivity contribution in [3.05, 3.63) is 29.8 Å². The molecule has 1 rings (SSSR count). The van der Waals surface area contributed by atoms with Crippen molar-refractivity contribution in [1.82, 2.24) is 10.0 Å². The normalized spacial score (nSPS) is 12.4. The van der Waals surface area contributed by atoms with Gasteiger partial charge in [-0.1, -0.05) is 18.2 Å². The molecule has 0 radical (unpaired) electrons. The highest BCUT2D eigenvalue weighted by Crippen LogP contribution is 2.16. The summed E-state index contributed by atoms with van der Waals surface area (Å²) in [6, 6.07) is 7.73. The third-order valence-electron chi connectivity index (χ3n) is 2.54. The standard InChI is InChI=1S/C13H22N2O3S/c1-13(2,15-19(4,16)17)10-14-9-11-7-5-6-8-12(11)18-3/h5-8,14-15H,9-10H2,1-4H3. The van der Waals surface area contributed by atoms with E-state index in [-0.39, 0.29) is 0 Å². The van der Waals surface area contributed by atoms with Crippen LogP contribution in [0.4, 0.5) is 0 Å². The van der Waals surface area contributed by atoms with Gasteiger partial charge >= 0.3 is 0 Å². The molecule has 0 saturated carbocycles. The third-order valence-corrected chi connectivity index (χ3v) is 3.46. The molecule has 0 aliphatic carbocycles. The van der Waals surface area contributed by atoms with E-state index in [0.29, 0.717) is 13.1 Å². The number of para-hydroxylation sites is 1. The van der Waals surface area contributed by atoms with Gasteiger partial charge in [0.05, 0.1) is 13.4 Å². The number of ether oxygens (including phenoxy) is 1. The Labute approximate surface area is 115 Å². The average Bonchev–Trinajstić information content (AvgIpc) is 2.26. The monoisotopic (exact) mass is 286 g/mol. The van der Waals surface area contributed by atoms with Crippen LogP contribution in [0, 0.1) is 0 Å². The Bertz CT molecular complexity index is 512. The molecule has 0 saturated heterocycles. The zero-order valence-electron chi connectivity index (χ0n) is 11.9. The number of methoxy groups -OCH3 is 1. The first-order chi connectivity index (χ1) is 8.73. The zero-order chi connectivity index (χ0) is 14.5. The highest BCUT2D eigenvalue weighted by atomic mass is 32.2. The molecule has 0 fully saturated rings. The van der Waals surface area contributed by atoms with E-state index in [2.05, 4.69) is 10.0 Å². The van der Waals surface area contributed by atoms with Gasteiger partial charge in [0.2, 0.25) is 10.0 Å². The fourth-order valence-electron chi connectivity index (χ4n) is 1.90. The Morgan fingerprint density at radius 2 is 1.89 bits per heavy atom. The Balaban J connectivity index is 2.54. The van der Waals surface area contributed by atoms with E-state index >= 15 is 0 Å². The van der Waals surface area contributed by atoms with Crippen LogP contribution in [0.25, 0.3) is 0 Å². The van der Waals surface area contributed by atoms with Crippen molar-refractivity contribution in [2.45, 2.75) is 25.9 Å². The summed E-state index contributed by atoms with van der Waals surface area (Å²) in [5.41, 5.74) is 0.510. The quantitative estimate of drug-likeness (QED) is 0.788. The topological polar surface area (TPSA) is 67.4 Å². The van der Waals surface area contributed by atoms with Gasteiger partial charge in [0.1, 0.15) is 5.75 Å². The van der Waals surface area contributed by atoms with Gasteiger partial charge < -0.3 is 10.1 Å². The Kier molecular flexibility index (Phi) is 5.34. The summed E-state index contributed by atoms with van der Waals surface area (Å²) in [5, 5.41) is 3.23. The van der Waals surface area contributed by atoms with Crippen molar-refractivity contribution in [3.8, 4) is 5.75 Å². The van der Waals surface area contributed by atoms with Crippen molar-refractivity contribution in [1.29, 1.82) is 0 Å². The maximum atomic E-state index is 11.2. The van der Waals surface area contributed by atoms with Crippen LogP contribution in [0.3, 0.4) is 0 Å². The number of nitrogens with one attached hydrogen (secondary N) is 2. The highest BCUT2D eigenvalue weighted by Gasteiger charge is 2.21. The van der Waals surface area contributed by atoms with Gasteiger partial charge in [0, 0.05) is 24.2 Å². The van der Waals surface area contributed by atoms with Crippen molar-refractivity contribution >= 4 is 10.0 Å². The molecule has 0 atom stereocenters. The summed E-state index contributed by atoms with van der Waals surface area (Å²) in [6.07, 6.45) is 1.16. The first kappa shape index (κ1) is 15.9. The molecule has 0 bridgehead atoms. The van der Waals surface area contributed by atoms with E-state index < -0.39 is 15.6 Å². The van der Waals surface area contributed by atoms with E-state index in [9.17, 15) is 8.42 Å². The molecule has 0 unspecified atom stereocenters. The minimum Gasteiger partial charge on any atom is -0.496 e. The third kappa shape index (κ3) is 6.04. The van der Waals surface area contributed by atoms with Crippen molar-refractivity contribution in [2.75, 3.05) is 19.9 Å². The average molecular weight is 286 g/mol. The van der Waals surface area contributed by atoms with Crippen LogP contribution >= 0.6 is 0 Å². The lowest BCUT2D eigenvalue weighted by molar-refractivity contribution is 0.398. The number of sulfonamides is 1. The molecule has 0 aliphatic rings. The Hall–Kier alpha value is -1.11. The van der Waals surface area contributed by atoms with Crippen LogP contribution in [-0.2, 0) is 16.6 Å². The second-order valence-electron chi connectivity index (χ2n) is 5.17. The van der Waals surface area contributed by atoms with Crippen LogP contribution in [0.15, 0.2) is 24.3 Å². The number of benzene rings is 1. The van der Waals surface area contributed by atoms with E-state index in [1.807, 2.05) is 38.1 Å². The summed E-state index contributed by atoms with van der Waals surface area (Å²) in [7, 11) is -1.57. The number of hydrogen-bond donors (Lipinski definition) is 2. The molecular formula is C13H22N2O3S. The molecule has 5 nitrogen and oxygen atoms in total. The lowest BCUT2D eigenvalue weighted by atomic mass is 10.1. The lowest BCUT2D eigenvalue weighted by Crippen LogP contribution is -2.49. The fraction of sp³-hybridized carbons (Fsp3) is 0.538. The maximum Gasteiger partial charge on any atom is 0.209 e. The van der Waals surface area contributed by atoms with Crippen LogP contribution in [0.5, 0.6) is 5.75 Å². The summed E-state index contributed by atoms with van der Waals surface area (Å²) >= 11 is 0. The Morgan fingerprint density at radius 1 is 1.26 bits per heavy atom. The number of hydrogen-bond acceptors (Lipinski definition) is 4. The van der Waals surface area contributed by atoms with Gasteiger partial charge in [-0.3, -0.25) is 0 Å². The first-order valence-corrected chi connectivity index (χ1v) is 7.94. The molecule has 19 heavy (non-hydrogen) atoms. The zero-order valence-corrected chi connectivity index (χ0v) is 12.7. The largest absolute Gasteiger partial charge is 0.496 e. The lowest BCUT2D eigenvalue weighted by Gasteiger charge is -2.25. The molecule has 108 valence electrons. The predicted molar refractivity (Wildman–Crippen MR) is 76.8 cm³/mol. The van der Waals surface area contributed by atoms with Crippen molar-refractivity contribution in [3.63, 3.8) is 0 Å². The van der Waals surface area contributed by atoms with Crippen molar-refractivity contribution < 1.29 is 13.2 Å². The molecule has 2 N–H and O–H groups in total. The summed E-state index contributed by atoms with van der Waals surface area (Å²) in [6.45, 7) is 4.82. The van der Waals surface area contributed by atoms with Crippen LogP contribution in [-0.4, -0.2) is 33.9 Å². The smallest absolute Gasteiger partial charge is 0.209 e. The maximum absolute atomic E-state index is 11.2. The van der Waals surface area contributed by atoms with Gasteiger partial charge in [-0.2, -0.15) is 0 Å². The second kappa shape index (κ2) is 6.36. The highest BCUT2D eigenvalue weighted by molar-refractivity contribution is 7.88. The molecule has 6 heteroatoms. The number of rotatable bonds is 7. The van der Waals surface area contributed by atoms with E-state index in [1.54, 1.807) is 7.11 Å². The minimum atomic E-state index is -3.20. The van der Waals surface area contributed by atoms with Crippen LogP contribution in [0.1, 0.15) is 19.4 Å². The summed E-state index contributed by atoms with van der Waals surface area (Å²) in [5.74, 6) is 0.823. The molecule has 0 aromatic heterocycles. The van der Waals surface area contributed by atoms with Crippen molar-refractivity contribution in [2.24, 2.45) is 0 Å². The van der Waals surface area contributed by atoms with E-state index in [0.717, 1.165) is 17.6 Å².